The Bertz CT molecular complexity index is 355. The summed E-state index contributed by atoms with van der Waals surface area (Å²) in [4.78, 5) is 0. The Labute approximate surface area is 168 Å². The molecule has 0 aliphatic carbocycles. The number of ether oxygens (including phenoxy) is 5. The van der Waals surface area contributed by atoms with E-state index in [1.807, 2.05) is 83.1 Å². The lowest BCUT2D eigenvalue weighted by molar-refractivity contribution is -0.165. The maximum Gasteiger partial charge on any atom is 0.105 e. The molecule has 0 aromatic rings. The molecule has 164 valence electrons. The summed E-state index contributed by atoms with van der Waals surface area (Å²) in [6, 6.07) is 0. The van der Waals surface area contributed by atoms with Crippen LogP contribution in [0.4, 0.5) is 0 Å². The van der Waals surface area contributed by atoms with Crippen LogP contribution in [0.2, 0.25) is 0 Å². The van der Waals surface area contributed by atoms with Crippen molar-refractivity contribution in [2.45, 2.75) is 118 Å². The van der Waals surface area contributed by atoms with Crippen LogP contribution in [-0.2, 0) is 23.7 Å². The molecule has 0 bridgehead atoms. The lowest BCUT2D eigenvalue weighted by Gasteiger charge is -2.32. The summed E-state index contributed by atoms with van der Waals surface area (Å²) < 4.78 is 30.0. The average molecular weight is 391 g/mol. The molecule has 27 heavy (non-hydrogen) atoms. The zero-order valence-corrected chi connectivity index (χ0v) is 20.0. The van der Waals surface area contributed by atoms with Crippen molar-refractivity contribution in [1.29, 1.82) is 0 Å². The van der Waals surface area contributed by atoms with E-state index >= 15 is 0 Å². The third-order valence-corrected chi connectivity index (χ3v) is 3.05. The van der Waals surface area contributed by atoms with Crippen LogP contribution in [0.25, 0.3) is 0 Å². The fraction of sp³-hybridized carbons (Fsp3) is 1.00. The van der Waals surface area contributed by atoms with E-state index in [9.17, 15) is 0 Å². The van der Waals surface area contributed by atoms with Crippen LogP contribution in [0.3, 0.4) is 0 Å². The summed E-state index contributed by atoms with van der Waals surface area (Å²) >= 11 is 0. The molecule has 0 radical (unpaired) electrons. The molecule has 2 atom stereocenters. The number of rotatable bonds is 10. The molecule has 5 heteroatoms. The van der Waals surface area contributed by atoms with Gasteiger partial charge in [-0.1, -0.05) is 0 Å². The van der Waals surface area contributed by atoms with E-state index in [2.05, 4.69) is 0 Å². The van der Waals surface area contributed by atoms with E-state index in [1.54, 1.807) is 0 Å². The average Bonchev–Trinajstić information content (AvgIpc) is 2.37. The minimum absolute atomic E-state index is 0.136. The van der Waals surface area contributed by atoms with Gasteiger partial charge in [-0.25, -0.2) is 0 Å². The molecule has 0 aromatic heterocycles. The van der Waals surface area contributed by atoms with Gasteiger partial charge in [0.05, 0.1) is 48.8 Å². The Balaban J connectivity index is 4.72. The topological polar surface area (TPSA) is 46.2 Å². The van der Waals surface area contributed by atoms with E-state index in [0.29, 0.717) is 26.4 Å². The van der Waals surface area contributed by atoms with E-state index in [0.717, 1.165) is 0 Å². The molecule has 0 saturated carbocycles. The number of hydrogen-bond donors (Lipinski definition) is 0. The van der Waals surface area contributed by atoms with Gasteiger partial charge in [0, 0.05) is 0 Å². The SMILES string of the molecule is CC(C)(C)OCC(COCC(COC(C)(C)C)OC(C)(C)C)OC(C)(C)C. The van der Waals surface area contributed by atoms with Crippen LogP contribution in [0, 0.1) is 0 Å². The lowest BCUT2D eigenvalue weighted by atomic mass is 10.1. The Morgan fingerprint density at radius 1 is 0.444 bits per heavy atom. The molecular weight excluding hydrogens is 344 g/mol. The zero-order chi connectivity index (χ0) is 21.5. The summed E-state index contributed by atoms with van der Waals surface area (Å²) in [5.74, 6) is 0. The molecule has 0 N–H and O–H groups in total. The van der Waals surface area contributed by atoms with Crippen molar-refractivity contribution in [1.82, 2.24) is 0 Å². The Hall–Kier alpha value is -0.200. The molecular formula is C22H46O5. The monoisotopic (exact) mass is 390 g/mol. The minimum Gasteiger partial charge on any atom is -0.376 e. The van der Waals surface area contributed by atoms with Crippen LogP contribution in [0.1, 0.15) is 83.1 Å². The summed E-state index contributed by atoms with van der Waals surface area (Å²) in [6.45, 7) is 26.4. The van der Waals surface area contributed by atoms with Gasteiger partial charge in [-0.2, -0.15) is 0 Å². The summed E-state index contributed by atoms with van der Waals surface area (Å²) in [6.07, 6.45) is -0.272. The van der Waals surface area contributed by atoms with Crippen molar-refractivity contribution in [3.63, 3.8) is 0 Å². The Morgan fingerprint density at radius 3 is 0.963 bits per heavy atom. The largest absolute Gasteiger partial charge is 0.376 e. The van der Waals surface area contributed by atoms with Gasteiger partial charge in [-0.3, -0.25) is 0 Å². The quantitative estimate of drug-likeness (QED) is 0.525. The van der Waals surface area contributed by atoms with Gasteiger partial charge in [0.1, 0.15) is 12.2 Å². The highest BCUT2D eigenvalue weighted by Crippen LogP contribution is 2.17. The highest BCUT2D eigenvalue weighted by atomic mass is 16.6. The van der Waals surface area contributed by atoms with Gasteiger partial charge in [-0.05, 0) is 83.1 Å². The highest BCUT2D eigenvalue weighted by molar-refractivity contribution is 4.71. The first-order valence-electron chi connectivity index (χ1n) is 10.1. The van der Waals surface area contributed by atoms with Crippen molar-refractivity contribution in [3.8, 4) is 0 Å². The Morgan fingerprint density at radius 2 is 0.741 bits per heavy atom. The second kappa shape index (κ2) is 10.5. The second-order valence-electron chi connectivity index (χ2n) is 11.1. The van der Waals surface area contributed by atoms with E-state index in [-0.39, 0.29) is 34.6 Å². The van der Waals surface area contributed by atoms with E-state index < -0.39 is 0 Å². The normalized spacial score (nSPS) is 16.4. The first kappa shape index (κ1) is 26.8. The van der Waals surface area contributed by atoms with Crippen LogP contribution >= 0.6 is 0 Å². The molecule has 0 fully saturated rings. The molecule has 0 aliphatic rings. The van der Waals surface area contributed by atoms with Gasteiger partial charge in [0.25, 0.3) is 0 Å². The van der Waals surface area contributed by atoms with Gasteiger partial charge in [-0.15, -0.1) is 0 Å². The van der Waals surface area contributed by atoms with Crippen LogP contribution in [0.15, 0.2) is 0 Å². The first-order valence-corrected chi connectivity index (χ1v) is 10.1. The first-order chi connectivity index (χ1) is 11.9. The molecule has 5 nitrogen and oxygen atoms in total. The molecule has 0 aromatic carbocycles. The molecule has 0 amide bonds. The van der Waals surface area contributed by atoms with Gasteiger partial charge >= 0.3 is 0 Å². The van der Waals surface area contributed by atoms with Crippen molar-refractivity contribution >= 4 is 0 Å². The third-order valence-electron chi connectivity index (χ3n) is 3.05. The zero-order valence-electron chi connectivity index (χ0n) is 20.0. The third kappa shape index (κ3) is 18.9. The standard InChI is InChI=1S/C22H46O5/c1-19(2,3)24-15-17(26-21(7,8)9)13-23-14-18(27-22(10,11)12)16-25-20(4,5)6/h17-18H,13-16H2,1-12H3. The fourth-order valence-electron chi connectivity index (χ4n) is 2.25. The maximum absolute atomic E-state index is 6.11. The maximum atomic E-state index is 6.11. The molecule has 2 unspecified atom stereocenters. The van der Waals surface area contributed by atoms with E-state index in [1.165, 1.54) is 0 Å². The Kier molecular flexibility index (Phi) is 10.5. The van der Waals surface area contributed by atoms with E-state index in [4.69, 9.17) is 23.7 Å². The molecule has 0 rings (SSSR count). The number of hydrogen-bond acceptors (Lipinski definition) is 5. The van der Waals surface area contributed by atoms with Crippen LogP contribution in [-0.4, -0.2) is 61.0 Å². The fourth-order valence-corrected chi connectivity index (χ4v) is 2.25. The molecule has 0 spiro atoms. The van der Waals surface area contributed by atoms with Crippen LogP contribution < -0.4 is 0 Å². The summed E-state index contributed by atoms with van der Waals surface area (Å²) in [5, 5.41) is 0. The van der Waals surface area contributed by atoms with Gasteiger partial charge < -0.3 is 23.7 Å². The molecule has 0 heterocycles. The second-order valence-corrected chi connectivity index (χ2v) is 11.1. The molecule has 0 saturated heterocycles. The van der Waals surface area contributed by atoms with Crippen molar-refractivity contribution in [2.24, 2.45) is 0 Å². The highest BCUT2D eigenvalue weighted by Gasteiger charge is 2.25. The van der Waals surface area contributed by atoms with Crippen molar-refractivity contribution < 1.29 is 23.7 Å². The minimum atomic E-state index is -0.258. The lowest BCUT2D eigenvalue weighted by Crippen LogP contribution is -2.39. The van der Waals surface area contributed by atoms with Gasteiger partial charge in [0.2, 0.25) is 0 Å². The smallest absolute Gasteiger partial charge is 0.105 e. The molecule has 0 aliphatic heterocycles. The van der Waals surface area contributed by atoms with Gasteiger partial charge in [0.15, 0.2) is 0 Å². The predicted molar refractivity (Wildman–Crippen MR) is 111 cm³/mol. The predicted octanol–water partition coefficient (Wildman–Crippen LogP) is 5.00. The van der Waals surface area contributed by atoms with Crippen molar-refractivity contribution in [2.75, 3.05) is 26.4 Å². The summed E-state index contributed by atoms with van der Waals surface area (Å²) in [5.41, 5.74) is -0.937. The van der Waals surface area contributed by atoms with Crippen molar-refractivity contribution in [3.05, 3.63) is 0 Å². The summed E-state index contributed by atoms with van der Waals surface area (Å²) in [7, 11) is 0. The van der Waals surface area contributed by atoms with Crippen LogP contribution in [0.5, 0.6) is 0 Å².